The first-order valence-corrected chi connectivity index (χ1v) is 6.71. The van der Waals surface area contributed by atoms with E-state index in [1.54, 1.807) is 0 Å². The third kappa shape index (κ3) is 5.03. The molecule has 0 aromatic heterocycles. The summed E-state index contributed by atoms with van der Waals surface area (Å²) in [6.45, 7) is 4.36. The van der Waals surface area contributed by atoms with Gasteiger partial charge in [-0.3, -0.25) is 0 Å². The summed E-state index contributed by atoms with van der Waals surface area (Å²) in [6.07, 6.45) is 3.41. The second kappa shape index (κ2) is 6.55. The lowest BCUT2D eigenvalue weighted by atomic mass is 10.0. The number of benzene rings is 1. The van der Waals surface area contributed by atoms with Crippen molar-refractivity contribution in [1.29, 1.82) is 0 Å². The summed E-state index contributed by atoms with van der Waals surface area (Å²) < 4.78 is 1.14. The molecular formula is C13H18BrCl. The first kappa shape index (κ1) is 13.1. The highest BCUT2D eigenvalue weighted by molar-refractivity contribution is 9.10. The van der Waals surface area contributed by atoms with Gasteiger partial charge in [0.25, 0.3) is 0 Å². The van der Waals surface area contributed by atoms with Gasteiger partial charge in [-0.1, -0.05) is 41.9 Å². The second-order valence-electron chi connectivity index (χ2n) is 4.28. The van der Waals surface area contributed by atoms with Crippen molar-refractivity contribution in [2.45, 2.75) is 38.5 Å². The first-order chi connectivity index (χ1) is 7.09. The van der Waals surface area contributed by atoms with Crippen LogP contribution in [0.15, 0.2) is 28.7 Å². The van der Waals surface area contributed by atoms with Gasteiger partial charge in [-0.05, 0) is 42.9 Å². The molecule has 0 aliphatic rings. The van der Waals surface area contributed by atoms with E-state index in [9.17, 15) is 0 Å². The van der Waals surface area contributed by atoms with Gasteiger partial charge in [-0.2, -0.15) is 0 Å². The van der Waals surface area contributed by atoms with Crippen molar-refractivity contribution in [2.24, 2.45) is 5.92 Å². The van der Waals surface area contributed by atoms with Crippen molar-refractivity contribution in [3.8, 4) is 0 Å². The van der Waals surface area contributed by atoms with Crippen molar-refractivity contribution in [1.82, 2.24) is 0 Å². The quantitative estimate of drug-likeness (QED) is 0.667. The summed E-state index contributed by atoms with van der Waals surface area (Å²) in [4.78, 5) is 0. The van der Waals surface area contributed by atoms with Gasteiger partial charge in [-0.15, -0.1) is 11.6 Å². The fraction of sp³-hybridized carbons (Fsp3) is 0.538. The van der Waals surface area contributed by atoms with Crippen molar-refractivity contribution in [2.75, 3.05) is 0 Å². The van der Waals surface area contributed by atoms with E-state index in [0.29, 0.717) is 11.3 Å². The zero-order chi connectivity index (χ0) is 11.3. The maximum atomic E-state index is 6.20. The van der Waals surface area contributed by atoms with E-state index in [2.05, 4.69) is 54.0 Å². The minimum atomic E-state index is 0.320. The molecule has 0 spiro atoms. The number of aryl methyl sites for hydroxylation is 1. The summed E-state index contributed by atoms with van der Waals surface area (Å²) in [5.74, 6) is 0.580. The lowest BCUT2D eigenvalue weighted by Crippen LogP contribution is -2.07. The van der Waals surface area contributed by atoms with Crippen LogP contribution in [-0.2, 0) is 6.42 Å². The van der Waals surface area contributed by atoms with Crippen LogP contribution in [0.5, 0.6) is 0 Å². The monoisotopic (exact) mass is 288 g/mol. The van der Waals surface area contributed by atoms with Gasteiger partial charge in [-0.25, -0.2) is 0 Å². The minimum absolute atomic E-state index is 0.320. The third-order valence-electron chi connectivity index (χ3n) is 2.58. The summed E-state index contributed by atoms with van der Waals surface area (Å²) >= 11 is 9.63. The molecule has 0 fully saturated rings. The predicted molar refractivity (Wildman–Crippen MR) is 71.6 cm³/mol. The molecule has 2 heteroatoms. The summed E-state index contributed by atoms with van der Waals surface area (Å²) in [5, 5.41) is 0.320. The van der Waals surface area contributed by atoms with E-state index in [1.165, 1.54) is 12.0 Å². The molecule has 0 amide bonds. The molecule has 0 saturated heterocycles. The first-order valence-electron chi connectivity index (χ1n) is 5.48. The van der Waals surface area contributed by atoms with Crippen LogP contribution in [-0.4, -0.2) is 5.38 Å². The number of rotatable bonds is 5. The van der Waals surface area contributed by atoms with E-state index < -0.39 is 0 Å². The fourth-order valence-corrected chi connectivity index (χ4v) is 1.90. The van der Waals surface area contributed by atoms with Crippen molar-refractivity contribution >= 4 is 27.5 Å². The number of alkyl halides is 1. The maximum absolute atomic E-state index is 6.20. The van der Waals surface area contributed by atoms with Crippen LogP contribution in [0, 0.1) is 5.92 Å². The Morgan fingerprint density at radius 1 is 1.20 bits per heavy atom. The third-order valence-corrected chi connectivity index (χ3v) is 3.83. The van der Waals surface area contributed by atoms with Gasteiger partial charge in [0.15, 0.2) is 0 Å². The second-order valence-corrected chi connectivity index (χ2v) is 5.75. The number of hydrogen-bond acceptors (Lipinski definition) is 0. The molecule has 1 unspecified atom stereocenters. The Kier molecular flexibility index (Phi) is 5.70. The van der Waals surface area contributed by atoms with E-state index in [4.69, 9.17) is 11.6 Å². The Hall–Kier alpha value is -0.0100. The molecular weight excluding hydrogens is 272 g/mol. The maximum Gasteiger partial charge on any atom is 0.0359 e. The molecule has 15 heavy (non-hydrogen) atoms. The molecule has 1 aromatic rings. The summed E-state index contributed by atoms with van der Waals surface area (Å²) in [5.41, 5.74) is 1.39. The molecule has 0 aliphatic carbocycles. The Balaban J connectivity index is 2.29. The molecule has 0 heterocycles. The van der Waals surface area contributed by atoms with Crippen LogP contribution < -0.4 is 0 Å². The van der Waals surface area contributed by atoms with Crippen LogP contribution in [0.2, 0.25) is 0 Å². The van der Waals surface area contributed by atoms with Gasteiger partial charge in [0, 0.05) is 9.85 Å². The van der Waals surface area contributed by atoms with Gasteiger partial charge < -0.3 is 0 Å². The minimum Gasteiger partial charge on any atom is -0.123 e. The lowest BCUT2D eigenvalue weighted by molar-refractivity contribution is 0.547. The van der Waals surface area contributed by atoms with E-state index in [1.807, 2.05) is 0 Å². The largest absolute Gasteiger partial charge is 0.123 e. The molecule has 0 N–H and O–H groups in total. The average molecular weight is 290 g/mol. The van der Waals surface area contributed by atoms with Crippen molar-refractivity contribution in [3.05, 3.63) is 34.3 Å². The topological polar surface area (TPSA) is 0 Å². The Morgan fingerprint density at radius 3 is 2.33 bits per heavy atom. The molecule has 1 rings (SSSR count). The highest BCUT2D eigenvalue weighted by atomic mass is 79.9. The Morgan fingerprint density at radius 2 is 1.80 bits per heavy atom. The number of hydrogen-bond donors (Lipinski definition) is 0. The number of halogens is 2. The highest BCUT2D eigenvalue weighted by Gasteiger charge is 2.08. The SMILES string of the molecule is CC(C)C(Cl)CCCc1ccc(Br)cc1. The molecule has 0 nitrogen and oxygen atoms in total. The predicted octanol–water partition coefficient (Wildman–Crippen LogP) is 5.04. The molecule has 0 bridgehead atoms. The molecule has 0 radical (unpaired) electrons. The van der Waals surface area contributed by atoms with Crippen LogP contribution in [0.1, 0.15) is 32.3 Å². The average Bonchev–Trinajstić information content (AvgIpc) is 2.20. The van der Waals surface area contributed by atoms with Gasteiger partial charge >= 0.3 is 0 Å². The van der Waals surface area contributed by atoms with Crippen molar-refractivity contribution in [3.63, 3.8) is 0 Å². The molecule has 1 atom stereocenters. The van der Waals surface area contributed by atoms with Gasteiger partial charge in [0.1, 0.15) is 0 Å². The highest BCUT2D eigenvalue weighted by Crippen LogP contribution is 2.18. The van der Waals surface area contributed by atoms with Crippen LogP contribution in [0.3, 0.4) is 0 Å². The molecule has 0 aliphatic heterocycles. The van der Waals surface area contributed by atoms with Crippen LogP contribution in [0.25, 0.3) is 0 Å². The molecule has 84 valence electrons. The van der Waals surface area contributed by atoms with Crippen LogP contribution in [0.4, 0.5) is 0 Å². The summed E-state index contributed by atoms with van der Waals surface area (Å²) in [6, 6.07) is 8.53. The molecule has 0 saturated carbocycles. The summed E-state index contributed by atoms with van der Waals surface area (Å²) in [7, 11) is 0. The Labute approximate surface area is 106 Å². The van der Waals surface area contributed by atoms with Gasteiger partial charge in [0.05, 0.1) is 0 Å². The molecule has 1 aromatic carbocycles. The van der Waals surface area contributed by atoms with Gasteiger partial charge in [0.2, 0.25) is 0 Å². The zero-order valence-corrected chi connectivity index (χ0v) is 11.7. The van der Waals surface area contributed by atoms with Crippen molar-refractivity contribution < 1.29 is 0 Å². The standard InChI is InChI=1S/C13H18BrCl/c1-10(2)13(15)5-3-4-11-6-8-12(14)9-7-11/h6-10,13H,3-5H2,1-2H3. The smallest absolute Gasteiger partial charge is 0.0359 e. The lowest BCUT2D eigenvalue weighted by Gasteiger charge is -2.12. The van der Waals surface area contributed by atoms with E-state index >= 15 is 0 Å². The fourth-order valence-electron chi connectivity index (χ4n) is 1.49. The van der Waals surface area contributed by atoms with E-state index in [-0.39, 0.29) is 0 Å². The normalized spacial score (nSPS) is 13.1. The van der Waals surface area contributed by atoms with E-state index in [0.717, 1.165) is 17.3 Å². The Bertz CT molecular complexity index is 279. The van der Waals surface area contributed by atoms with Crippen LogP contribution >= 0.6 is 27.5 Å². The zero-order valence-electron chi connectivity index (χ0n) is 9.34.